The van der Waals surface area contributed by atoms with E-state index in [9.17, 15) is 4.79 Å². The van der Waals surface area contributed by atoms with E-state index in [4.69, 9.17) is 35.4 Å². The van der Waals surface area contributed by atoms with Gasteiger partial charge in [-0.25, -0.2) is 4.98 Å². The zero-order valence-corrected chi connectivity index (χ0v) is 20.1. The molecule has 34 heavy (non-hydrogen) atoms. The average Bonchev–Trinajstić information content (AvgIpc) is 3.10. The number of aryl methyl sites for hydroxylation is 1. The zero-order chi connectivity index (χ0) is 24.2. The van der Waals surface area contributed by atoms with Crippen LogP contribution in [0, 0.1) is 30.5 Å². The summed E-state index contributed by atoms with van der Waals surface area (Å²) in [6.07, 6.45) is 7.95. The van der Waals surface area contributed by atoms with E-state index in [0.29, 0.717) is 24.6 Å². The second-order valence-corrected chi connectivity index (χ2v) is 9.86. The van der Waals surface area contributed by atoms with Crippen LogP contribution in [-0.4, -0.2) is 22.6 Å². The molecule has 174 valence electrons. The van der Waals surface area contributed by atoms with Crippen LogP contribution in [0.2, 0.25) is 10.0 Å². The topological polar surface area (TPSA) is 64.2 Å². The standard InChI is InChI=1S/C26H23Cl2FN4O/c1-3-16-7-8-17-14-26(23(30)18(17)13-16)9-11-32(12-10-26)24-22(29)25(34)33(15(2)31-24)20-6-4-5-19(27)21(20)28/h1,4-8,13,23H,9-12,14,30H2,2H3/t23-/m1/s1. The van der Waals surface area contributed by atoms with Gasteiger partial charge in [-0.3, -0.25) is 9.36 Å². The average molecular weight is 497 g/mol. The summed E-state index contributed by atoms with van der Waals surface area (Å²) in [7, 11) is 0. The Labute approximate surface area is 207 Å². The third-order valence-electron chi connectivity index (χ3n) is 7.26. The maximum atomic E-state index is 15.3. The summed E-state index contributed by atoms with van der Waals surface area (Å²) in [5.41, 5.74) is 9.23. The van der Waals surface area contributed by atoms with Crippen molar-refractivity contribution in [1.82, 2.24) is 9.55 Å². The maximum Gasteiger partial charge on any atom is 0.296 e. The Balaban J connectivity index is 1.43. The molecular weight excluding hydrogens is 474 g/mol. The predicted molar refractivity (Wildman–Crippen MR) is 133 cm³/mol. The van der Waals surface area contributed by atoms with Gasteiger partial charge in [-0.1, -0.05) is 41.3 Å². The highest BCUT2D eigenvalue weighted by Gasteiger charge is 2.46. The van der Waals surface area contributed by atoms with E-state index in [1.165, 1.54) is 5.56 Å². The van der Waals surface area contributed by atoms with Crippen LogP contribution in [0.3, 0.4) is 0 Å². The van der Waals surface area contributed by atoms with Gasteiger partial charge >= 0.3 is 0 Å². The summed E-state index contributed by atoms with van der Waals surface area (Å²) in [4.78, 5) is 19.3. The van der Waals surface area contributed by atoms with Crippen LogP contribution in [-0.2, 0) is 6.42 Å². The second kappa shape index (κ2) is 8.42. The molecule has 1 spiro atoms. The van der Waals surface area contributed by atoms with Gasteiger partial charge in [0, 0.05) is 24.7 Å². The van der Waals surface area contributed by atoms with Crippen molar-refractivity contribution in [1.29, 1.82) is 0 Å². The summed E-state index contributed by atoms with van der Waals surface area (Å²) in [6, 6.07) is 10.8. The molecule has 1 aliphatic heterocycles. The lowest BCUT2D eigenvalue weighted by Crippen LogP contribution is -2.45. The van der Waals surface area contributed by atoms with Crippen LogP contribution < -0.4 is 16.2 Å². The summed E-state index contributed by atoms with van der Waals surface area (Å²) in [5.74, 6) is 2.16. The molecule has 1 atom stereocenters. The van der Waals surface area contributed by atoms with Crippen molar-refractivity contribution in [3.8, 4) is 18.0 Å². The first-order valence-corrected chi connectivity index (χ1v) is 11.8. The fourth-order valence-electron chi connectivity index (χ4n) is 5.36. The van der Waals surface area contributed by atoms with Crippen molar-refractivity contribution in [3.63, 3.8) is 0 Å². The number of aromatic nitrogens is 2. The minimum Gasteiger partial charge on any atom is -0.354 e. The number of piperidine rings is 1. The summed E-state index contributed by atoms with van der Waals surface area (Å²) in [5, 5.41) is 0.450. The molecule has 5 rings (SSSR count). The molecule has 5 nitrogen and oxygen atoms in total. The van der Waals surface area contributed by atoms with Gasteiger partial charge in [0.15, 0.2) is 5.82 Å². The molecule has 0 saturated carbocycles. The molecule has 2 heterocycles. The monoisotopic (exact) mass is 496 g/mol. The lowest BCUT2D eigenvalue weighted by Gasteiger charge is -2.42. The molecule has 0 radical (unpaired) electrons. The second-order valence-electron chi connectivity index (χ2n) is 9.07. The maximum absolute atomic E-state index is 15.3. The van der Waals surface area contributed by atoms with Gasteiger partial charge in [-0.15, -0.1) is 6.42 Å². The first-order chi connectivity index (χ1) is 16.3. The van der Waals surface area contributed by atoms with Crippen LogP contribution in [0.4, 0.5) is 10.2 Å². The highest BCUT2D eigenvalue weighted by Crippen LogP contribution is 2.51. The van der Waals surface area contributed by atoms with E-state index in [1.807, 2.05) is 17.0 Å². The quantitative estimate of drug-likeness (QED) is 0.517. The third kappa shape index (κ3) is 3.51. The van der Waals surface area contributed by atoms with Crippen molar-refractivity contribution >= 4 is 29.0 Å². The van der Waals surface area contributed by atoms with Gasteiger partial charge in [0.2, 0.25) is 5.82 Å². The molecular formula is C26H23Cl2FN4O. The summed E-state index contributed by atoms with van der Waals surface area (Å²) in [6.45, 7) is 2.75. The number of hydrogen-bond acceptors (Lipinski definition) is 4. The molecule has 1 aromatic heterocycles. The fraction of sp³-hybridized carbons (Fsp3) is 0.308. The zero-order valence-electron chi connectivity index (χ0n) is 18.6. The molecule has 1 aliphatic carbocycles. The molecule has 8 heteroatoms. The number of nitrogens with zero attached hydrogens (tertiary/aromatic N) is 3. The molecule has 2 N–H and O–H groups in total. The van der Waals surface area contributed by atoms with E-state index < -0.39 is 11.4 Å². The van der Waals surface area contributed by atoms with Gasteiger partial charge in [0.1, 0.15) is 5.82 Å². The highest BCUT2D eigenvalue weighted by atomic mass is 35.5. The van der Waals surface area contributed by atoms with Crippen LogP contribution >= 0.6 is 23.2 Å². The van der Waals surface area contributed by atoms with Crippen molar-refractivity contribution in [2.24, 2.45) is 11.1 Å². The van der Waals surface area contributed by atoms with Crippen molar-refractivity contribution < 1.29 is 4.39 Å². The number of halogens is 3. The lowest BCUT2D eigenvalue weighted by atomic mass is 9.73. The first kappa shape index (κ1) is 22.9. The van der Waals surface area contributed by atoms with E-state index in [0.717, 1.165) is 35.0 Å². The van der Waals surface area contributed by atoms with E-state index >= 15 is 4.39 Å². The summed E-state index contributed by atoms with van der Waals surface area (Å²) < 4.78 is 16.5. The summed E-state index contributed by atoms with van der Waals surface area (Å²) >= 11 is 12.4. The number of fused-ring (bicyclic) bond motifs is 1. The molecule has 3 aromatic rings. The molecule has 2 aromatic carbocycles. The number of rotatable bonds is 2. The highest BCUT2D eigenvalue weighted by molar-refractivity contribution is 6.43. The van der Waals surface area contributed by atoms with E-state index in [2.05, 4.69) is 17.0 Å². The lowest BCUT2D eigenvalue weighted by molar-refractivity contribution is 0.186. The SMILES string of the molecule is C#Cc1ccc2c(c1)[C@@H](N)C1(CCN(c3nc(C)n(-c4cccc(Cl)c4Cl)c(=O)c3F)CC1)C2. The van der Waals surface area contributed by atoms with Gasteiger partial charge in [0.25, 0.3) is 5.56 Å². The Morgan fingerprint density at radius 1 is 1.24 bits per heavy atom. The number of terminal acetylenes is 1. The predicted octanol–water partition coefficient (Wildman–Crippen LogP) is 4.81. The Bertz CT molecular complexity index is 1400. The van der Waals surface area contributed by atoms with Crippen LogP contribution in [0.5, 0.6) is 0 Å². The van der Waals surface area contributed by atoms with Gasteiger partial charge in [-0.05, 0) is 67.0 Å². The van der Waals surface area contributed by atoms with Gasteiger partial charge in [-0.2, -0.15) is 4.39 Å². The Kier molecular flexibility index (Phi) is 5.68. The number of anilines is 1. The van der Waals surface area contributed by atoms with Crippen molar-refractivity contribution in [2.75, 3.05) is 18.0 Å². The Morgan fingerprint density at radius 3 is 2.68 bits per heavy atom. The molecule has 0 bridgehead atoms. The number of hydrogen-bond donors (Lipinski definition) is 1. The number of benzene rings is 2. The van der Waals surface area contributed by atoms with E-state index in [-0.39, 0.29) is 27.3 Å². The van der Waals surface area contributed by atoms with Gasteiger partial charge in [0.05, 0.1) is 15.7 Å². The number of nitrogens with two attached hydrogens (primary N) is 1. The van der Waals surface area contributed by atoms with Gasteiger partial charge < -0.3 is 10.6 Å². The molecule has 1 fully saturated rings. The Hall–Kier alpha value is -2.85. The minimum absolute atomic E-state index is 0.0606. The van der Waals surface area contributed by atoms with Crippen LogP contribution in [0.15, 0.2) is 41.2 Å². The normalized spacial score (nSPS) is 18.7. The third-order valence-corrected chi connectivity index (χ3v) is 8.07. The fourth-order valence-corrected chi connectivity index (χ4v) is 5.74. The molecule has 1 saturated heterocycles. The van der Waals surface area contributed by atoms with Crippen LogP contribution in [0.25, 0.3) is 5.69 Å². The smallest absolute Gasteiger partial charge is 0.296 e. The Morgan fingerprint density at radius 2 is 1.97 bits per heavy atom. The van der Waals surface area contributed by atoms with E-state index in [1.54, 1.807) is 25.1 Å². The molecule has 0 amide bonds. The first-order valence-electron chi connectivity index (χ1n) is 11.1. The largest absolute Gasteiger partial charge is 0.354 e. The molecule has 2 aliphatic rings. The van der Waals surface area contributed by atoms with Crippen molar-refractivity contribution in [2.45, 2.75) is 32.2 Å². The van der Waals surface area contributed by atoms with Crippen LogP contribution in [0.1, 0.15) is 41.4 Å². The molecule has 0 unspecified atom stereocenters. The minimum atomic E-state index is -0.907. The van der Waals surface area contributed by atoms with Crippen molar-refractivity contribution in [3.05, 3.63) is 85.1 Å².